The molecule has 4 rings (SSSR count). The Morgan fingerprint density at radius 2 is 1.50 bits per heavy atom. The first-order valence-electron chi connectivity index (χ1n) is 8.91. The van der Waals surface area contributed by atoms with E-state index in [9.17, 15) is 9.59 Å². The molecule has 4 aliphatic rings. The third-order valence-corrected chi connectivity index (χ3v) is 6.19. The number of unbranched alkanes of at least 4 members (excludes halogenated alkanes) is 1. The molecule has 1 amide bonds. The van der Waals surface area contributed by atoms with Crippen molar-refractivity contribution in [1.82, 2.24) is 4.90 Å². The van der Waals surface area contributed by atoms with Crippen LogP contribution >= 0.6 is 0 Å². The minimum absolute atomic E-state index is 0.173. The molecule has 4 fully saturated rings. The number of carbonyl (C=O) groups excluding carboxylic acids is 1. The van der Waals surface area contributed by atoms with Crippen molar-refractivity contribution in [2.24, 2.45) is 23.2 Å². The molecule has 0 heterocycles. The predicted molar refractivity (Wildman–Crippen MR) is 84.3 cm³/mol. The summed E-state index contributed by atoms with van der Waals surface area (Å²) in [7, 11) is 1.94. The Morgan fingerprint density at radius 3 is 2.00 bits per heavy atom. The van der Waals surface area contributed by atoms with Gasteiger partial charge in [-0.1, -0.05) is 0 Å². The topological polar surface area (TPSA) is 57.6 Å². The number of carboxylic acid groups (broad SMARTS) is 1. The Kier molecular flexibility index (Phi) is 4.47. The lowest BCUT2D eigenvalue weighted by Crippen LogP contribution is -2.51. The highest BCUT2D eigenvalue weighted by Crippen LogP contribution is 2.60. The zero-order valence-electron chi connectivity index (χ0n) is 13.7. The Hall–Kier alpha value is -1.06. The number of aliphatic carboxylic acids is 1. The molecule has 0 aromatic carbocycles. The summed E-state index contributed by atoms with van der Waals surface area (Å²) in [6, 6.07) is 0. The molecule has 4 bridgehead atoms. The summed E-state index contributed by atoms with van der Waals surface area (Å²) in [5, 5.41) is 8.63. The van der Waals surface area contributed by atoms with Crippen molar-refractivity contribution in [2.75, 3.05) is 13.6 Å². The van der Waals surface area contributed by atoms with Gasteiger partial charge in [0, 0.05) is 26.4 Å². The molecule has 0 aromatic rings. The summed E-state index contributed by atoms with van der Waals surface area (Å²) >= 11 is 0. The van der Waals surface area contributed by atoms with Crippen LogP contribution in [-0.2, 0) is 9.59 Å². The van der Waals surface area contributed by atoms with Gasteiger partial charge in [0.25, 0.3) is 0 Å². The summed E-state index contributed by atoms with van der Waals surface area (Å²) in [6.45, 7) is 0.925. The van der Waals surface area contributed by atoms with E-state index in [1.165, 1.54) is 38.5 Å². The molecule has 4 heteroatoms. The lowest BCUT2D eigenvalue weighted by molar-refractivity contribution is -0.138. The van der Waals surface area contributed by atoms with Crippen LogP contribution in [0.25, 0.3) is 0 Å². The highest BCUT2D eigenvalue weighted by molar-refractivity contribution is 5.76. The zero-order valence-corrected chi connectivity index (χ0v) is 13.7. The van der Waals surface area contributed by atoms with E-state index in [2.05, 4.69) is 0 Å². The first-order valence-corrected chi connectivity index (χ1v) is 8.91. The summed E-state index contributed by atoms with van der Waals surface area (Å²) < 4.78 is 0. The lowest BCUT2D eigenvalue weighted by atomic mass is 9.49. The molecule has 4 aliphatic carbocycles. The van der Waals surface area contributed by atoms with Crippen LogP contribution in [0, 0.1) is 23.2 Å². The summed E-state index contributed by atoms with van der Waals surface area (Å²) in [5.41, 5.74) is 0.403. The maximum Gasteiger partial charge on any atom is 0.303 e. The van der Waals surface area contributed by atoms with Gasteiger partial charge in [0.15, 0.2) is 0 Å². The molecule has 0 atom stereocenters. The van der Waals surface area contributed by atoms with E-state index in [1.807, 2.05) is 11.9 Å². The van der Waals surface area contributed by atoms with Crippen LogP contribution in [0.5, 0.6) is 0 Å². The van der Waals surface area contributed by atoms with Gasteiger partial charge in [0.1, 0.15) is 0 Å². The third kappa shape index (κ3) is 3.47. The second-order valence-electron chi connectivity index (χ2n) is 8.27. The largest absolute Gasteiger partial charge is 0.481 e. The number of hydrogen-bond acceptors (Lipinski definition) is 2. The number of nitrogens with zero attached hydrogens (tertiary/aromatic N) is 1. The van der Waals surface area contributed by atoms with Crippen LogP contribution in [0.4, 0.5) is 0 Å². The van der Waals surface area contributed by atoms with E-state index in [0.29, 0.717) is 24.7 Å². The van der Waals surface area contributed by atoms with Crippen LogP contribution in [-0.4, -0.2) is 35.5 Å². The highest BCUT2D eigenvalue weighted by atomic mass is 16.4. The predicted octanol–water partition coefficient (Wildman–Crippen LogP) is 3.31. The van der Waals surface area contributed by atoms with E-state index < -0.39 is 5.97 Å². The molecule has 0 unspecified atom stereocenters. The monoisotopic (exact) mass is 307 g/mol. The van der Waals surface area contributed by atoms with Crippen molar-refractivity contribution in [3.8, 4) is 0 Å². The molecule has 0 saturated heterocycles. The van der Waals surface area contributed by atoms with Crippen molar-refractivity contribution < 1.29 is 14.7 Å². The van der Waals surface area contributed by atoms with Crippen LogP contribution in [0.3, 0.4) is 0 Å². The molecular weight excluding hydrogens is 278 g/mol. The Morgan fingerprint density at radius 1 is 1.00 bits per heavy atom. The first kappa shape index (κ1) is 15.8. The van der Waals surface area contributed by atoms with Crippen molar-refractivity contribution >= 4 is 11.9 Å². The number of hydrogen-bond donors (Lipinski definition) is 1. The minimum Gasteiger partial charge on any atom is -0.481 e. The molecule has 4 nitrogen and oxygen atoms in total. The fraction of sp³-hybridized carbons (Fsp3) is 0.889. The van der Waals surface area contributed by atoms with E-state index in [4.69, 9.17) is 5.11 Å². The van der Waals surface area contributed by atoms with Gasteiger partial charge in [-0.2, -0.15) is 0 Å². The lowest BCUT2D eigenvalue weighted by Gasteiger charge is -2.57. The Labute approximate surface area is 133 Å². The number of amides is 1. The van der Waals surface area contributed by atoms with Gasteiger partial charge in [-0.15, -0.1) is 0 Å². The standard InChI is InChI=1S/C18H29NO3/c1-19(16(20)4-2-3-5-17(21)22)12-18-9-13-6-14(10-18)8-15(7-13)11-18/h13-15H,2-12H2,1H3,(H,21,22). The number of carboxylic acids is 1. The summed E-state index contributed by atoms with van der Waals surface area (Å²) in [6.07, 6.45) is 10.3. The minimum atomic E-state index is -0.769. The van der Waals surface area contributed by atoms with Crippen LogP contribution in [0.2, 0.25) is 0 Å². The summed E-state index contributed by atoms with van der Waals surface area (Å²) in [5.74, 6) is 2.19. The van der Waals surface area contributed by atoms with Gasteiger partial charge in [-0.05, 0) is 74.5 Å². The van der Waals surface area contributed by atoms with Crippen LogP contribution in [0.15, 0.2) is 0 Å². The number of rotatable bonds is 7. The van der Waals surface area contributed by atoms with Gasteiger partial charge >= 0.3 is 5.97 Å². The van der Waals surface area contributed by atoms with Crippen LogP contribution in [0.1, 0.15) is 64.2 Å². The molecular formula is C18H29NO3. The van der Waals surface area contributed by atoms with Gasteiger partial charge in [-0.25, -0.2) is 0 Å². The molecule has 0 aromatic heterocycles. The smallest absolute Gasteiger partial charge is 0.303 e. The van der Waals surface area contributed by atoms with Crippen LogP contribution < -0.4 is 0 Å². The Bertz CT molecular complexity index is 410. The average Bonchev–Trinajstić information content (AvgIpc) is 2.41. The quantitative estimate of drug-likeness (QED) is 0.734. The molecule has 4 saturated carbocycles. The fourth-order valence-electron chi connectivity index (χ4n) is 5.82. The van der Waals surface area contributed by atoms with Gasteiger partial charge in [-0.3, -0.25) is 9.59 Å². The van der Waals surface area contributed by atoms with E-state index in [0.717, 1.165) is 24.3 Å². The van der Waals surface area contributed by atoms with Gasteiger partial charge in [0.2, 0.25) is 5.91 Å². The molecule has 0 radical (unpaired) electrons. The SMILES string of the molecule is CN(CC12CC3CC(CC(C3)C1)C2)C(=O)CCCCC(=O)O. The van der Waals surface area contributed by atoms with Gasteiger partial charge < -0.3 is 10.0 Å². The van der Waals surface area contributed by atoms with Crippen molar-refractivity contribution in [1.29, 1.82) is 0 Å². The average molecular weight is 307 g/mol. The Balaban J connectivity index is 1.48. The summed E-state index contributed by atoms with van der Waals surface area (Å²) in [4.78, 5) is 24.7. The highest BCUT2D eigenvalue weighted by Gasteiger charge is 2.51. The molecule has 0 aliphatic heterocycles. The van der Waals surface area contributed by atoms with E-state index >= 15 is 0 Å². The van der Waals surface area contributed by atoms with Crippen molar-refractivity contribution in [2.45, 2.75) is 64.2 Å². The first-order chi connectivity index (χ1) is 10.5. The molecule has 1 N–H and O–H groups in total. The van der Waals surface area contributed by atoms with E-state index in [-0.39, 0.29) is 12.3 Å². The van der Waals surface area contributed by atoms with Gasteiger partial charge in [0.05, 0.1) is 0 Å². The second-order valence-corrected chi connectivity index (χ2v) is 8.27. The second kappa shape index (κ2) is 6.21. The maximum atomic E-state index is 12.3. The maximum absolute atomic E-state index is 12.3. The number of carbonyl (C=O) groups is 2. The van der Waals surface area contributed by atoms with Crippen molar-refractivity contribution in [3.05, 3.63) is 0 Å². The zero-order chi connectivity index (χ0) is 15.7. The fourth-order valence-corrected chi connectivity index (χ4v) is 5.82. The normalized spacial score (nSPS) is 35.6. The molecule has 124 valence electrons. The molecule has 0 spiro atoms. The third-order valence-electron chi connectivity index (χ3n) is 6.19. The molecule has 22 heavy (non-hydrogen) atoms. The van der Waals surface area contributed by atoms with Crippen molar-refractivity contribution in [3.63, 3.8) is 0 Å². The van der Waals surface area contributed by atoms with E-state index in [1.54, 1.807) is 0 Å².